The van der Waals surface area contributed by atoms with E-state index in [0.717, 1.165) is 31.2 Å². The Morgan fingerprint density at radius 2 is 1.69 bits per heavy atom. The number of carbonyl (C=O) groups excluding carboxylic acids is 2. The molecule has 0 bridgehead atoms. The second-order valence-electron chi connectivity index (χ2n) is 8.93. The van der Waals surface area contributed by atoms with Gasteiger partial charge in [-0.2, -0.15) is 0 Å². The minimum Gasteiger partial charge on any atom is -0.507 e. The summed E-state index contributed by atoms with van der Waals surface area (Å²) < 4.78 is 5.71. The topological polar surface area (TPSA) is 66.8 Å². The molecular weight excluding hydrogens is 426 g/mol. The van der Waals surface area contributed by atoms with E-state index in [9.17, 15) is 14.7 Å². The number of likely N-dealkylation sites (tertiary alicyclic amines) is 1. The Kier molecular flexibility index (Phi) is 6.56. The van der Waals surface area contributed by atoms with Crippen LogP contribution in [0.2, 0.25) is 5.02 Å². The zero-order valence-corrected chi connectivity index (χ0v) is 19.1. The number of carbonyl (C=O) groups is 2. The van der Waals surface area contributed by atoms with Crippen molar-refractivity contribution in [2.24, 2.45) is 5.92 Å². The third kappa shape index (κ3) is 4.40. The lowest BCUT2D eigenvalue weighted by atomic mass is 9.94. The van der Waals surface area contributed by atoms with Gasteiger partial charge in [0.1, 0.15) is 11.5 Å². The molecule has 168 valence electrons. The van der Waals surface area contributed by atoms with E-state index in [-0.39, 0.29) is 17.4 Å². The Hall–Kier alpha value is -2.79. The molecule has 4 rings (SSSR count). The maximum atomic E-state index is 13.1. The second kappa shape index (κ2) is 9.37. The lowest BCUT2D eigenvalue weighted by molar-refractivity contribution is -0.141. The van der Waals surface area contributed by atoms with E-state index in [1.807, 2.05) is 12.1 Å². The SMILES string of the molecule is CC(C)COc1ccc(/C(O)=C2/C(=O)C(=O)N(C3CCCC3)C2c2ccc(Cl)cc2)cc1. The van der Waals surface area contributed by atoms with Gasteiger partial charge in [-0.3, -0.25) is 9.59 Å². The Balaban J connectivity index is 1.75. The number of rotatable bonds is 6. The fourth-order valence-electron chi connectivity index (χ4n) is 4.51. The smallest absolute Gasteiger partial charge is 0.295 e. The van der Waals surface area contributed by atoms with Crippen LogP contribution in [0.25, 0.3) is 5.76 Å². The van der Waals surface area contributed by atoms with Crippen LogP contribution in [0.15, 0.2) is 54.1 Å². The molecule has 1 saturated carbocycles. The maximum Gasteiger partial charge on any atom is 0.295 e. The first-order valence-electron chi connectivity index (χ1n) is 11.2. The standard InChI is InChI=1S/C26H28ClNO4/c1-16(2)15-32-21-13-9-18(10-14-21)24(29)22-23(17-7-11-19(27)12-8-17)28(26(31)25(22)30)20-5-3-4-6-20/h7-14,16,20,23,29H,3-6,15H2,1-2H3/b24-22-. The molecule has 5 nitrogen and oxygen atoms in total. The van der Waals surface area contributed by atoms with E-state index >= 15 is 0 Å². The zero-order chi connectivity index (χ0) is 22.8. The summed E-state index contributed by atoms with van der Waals surface area (Å²) in [6.45, 7) is 4.73. The number of nitrogens with zero attached hydrogens (tertiary/aromatic N) is 1. The molecule has 1 aliphatic carbocycles. The van der Waals surface area contributed by atoms with Crippen molar-refractivity contribution in [3.05, 3.63) is 70.3 Å². The first kappa shape index (κ1) is 22.4. The van der Waals surface area contributed by atoms with Gasteiger partial charge in [0.15, 0.2) is 0 Å². The van der Waals surface area contributed by atoms with Crippen LogP contribution in [-0.2, 0) is 9.59 Å². The van der Waals surface area contributed by atoms with Crippen LogP contribution >= 0.6 is 11.6 Å². The van der Waals surface area contributed by atoms with E-state index in [2.05, 4.69) is 13.8 Å². The third-order valence-corrected chi connectivity index (χ3v) is 6.35. The third-order valence-electron chi connectivity index (χ3n) is 6.10. The first-order chi connectivity index (χ1) is 15.4. The predicted molar refractivity (Wildman–Crippen MR) is 125 cm³/mol. The first-order valence-corrected chi connectivity index (χ1v) is 11.5. The highest BCUT2D eigenvalue weighted by Crippen LogP contribution is 2.43. The highest BCUT2D eigenvalue weighted by atomic mass is 35.5. The van der Waals surface area contributed by atoms with Crippen LogP contribution in [-0.4, -0.2) is 34.3 Å². The van der Waals surface area contributed by atoms with Gasteiger partial charge in [-0.05, 0) is 60.7 Å². The molecule has 1 heterocycles. The van der Waals surface area contributed by atoms with Gasteiger partial charge in [0.05, 0.1) is 18.2 Å². The molecule has 2 aromatic rings. The maximum absolute atomic E-state index is 13.1. The molecule has 0 spiro atoms. The van der Waals surface area contributed by atoms with Gasteiger partial charge in [0, 0.05) is 16.6 Å². The van der Waals surface area contributed by atoms with Crippen molar-refractivity contribution in [3.63, 3.8) is 0 Å². The second-order valence-corrected chi connectivity index (χ2v) is 9.36. The number of amides is 1. The lowest BCUT2D eigenvalue weighted by Crippen LogP contribution is -2.37. The highest BCUT2D eigenvalue weighted by Gasteiger charge is 2.49. The summed E-state index contributed by atoms with van der Waals surface area (Å²) in [4.78, 5) is 27.9. The van der Waals surface area contributed by atoms with Crippen molar-refractivity contribution in [1.82, 2.24) is 4.90 Å². The number of halogens is 1. The summed E-state index contributed by atoms with van der Waals surface area (Å²) in [5.41, 5.74) is 1.37. The summed E-state index contributed by atoms with van der Waals surface area (Å²) >= 11 is 6.07. The summed E-state index contributed by atoms with van der Waals surface area (Å²) in [6.07, 6.45) is 3.77. The van der Waals surface area contributed by atoms with Crippen LogP contribution in [0, 0.1) is 5.92 Å². The Labute approximate surface area is 193 Å². The number of ketones is 1. The van der Waals surface area contributed by atoms with Crippen LogP contribution < -0.4 is 4.74 Å². The summed E-state index contributed by atoms with van der Waals surface area (Å²) in [6, 6.07) is 13.4. The monoisotopic (exact) mass is 453 g/mol. The summed E-state index contributed by atoms with van der Waals surface area (Å²) in [5, 5.41) is 11.8. The van der Waals surface area contributed by atoms with Crippen LogP contribution in [0.1, 0.15) is 56.7 Å². The number of hydrogen-bond donors (Lipinski definition) is 1. The van der Waals surface area contributed by atoms with Crippen molar-refractivity contribution in [1.29, 1.82) is 0 Å². The van der Waals surface area contributed by atoms with Crippen molar-refractivity contribution in [2.45, 2.75) is 51.6 Å². The van der Waals surface area contributed by atoms with Crippen LogP contribution in [0.5, 0.6) is 5.75 Å². The van der Waals surface area contributed by atoms with E-state index in [1.54, 1.807) is 41.3 Å². The number of aliphatic hydroxyl groups excluding tert-OH is 1. The Morgan fingerprint density at radius 3 is 2.28 bits per heavy atom. The normalized spacial score (nSPS) is 21.0. The summed E-state index contributed by atoms with van der Waals surface area (Å²) in [7, 11) is 0. The average molecular weight is 454 g/mol. The molecule has 1 saturated heterocycles. The Morgan fingerprint density at radius 1 is 1.06 bits per heavy atom. The van der Waals surface area contributed by atoms with Crippen molar-refractivity contribution >= 4 is 29.1 Å². The van der Waals surface area contributed by atoms with Crippen LogP contribution in [0.3, 0.4) is 0 Å². The zero-order valence-electron chi connectivity index (χ0n) is 18.4. The van der Waals surface area contributed by atoms with Gasteiger partial charge in [-0.25, -0.2) is 0 Å². The molecule has 32 heavy (non-hydrogen) atoms. The lowest BCUT2D eigenvalue weighted by Gasteiger charge is -2.30. The van der Waals surface area contributed by atoms with Gasteiger partial charge < -0.3 is 14.7 Å². The highest BCUT2D eigenvalue weighted by molar-refractivity contribution is 6.46. The molecule has 2 fully saturated rings. The largest absolute Gasteiger partial charge is 0.507 e. The molecular formula is C26H28ClNO4. The number of hydrogen-bond acceptors (Lipinski definition) is 4. The van der Waals surface area contributed by atoms with E-state index in [1.165, 1.54) is 0 Å². The van der Waals surface area contributed by atoms with Gasteiger partial charge in [-0.1, -0.05) is 50.4 Å². The predicted octanol–water partition coefficient (Wildman–Crippen LogP) is 5.74. The minimum atomic E-state index is -0.644. The van der Waals surface area contributed by atoms with Crippen molar-refractivity contribution < 1.29 is 19.4 Å². The molecule has 1 amide bonds. The number of aliphatic hydroxyl groups is 1. The molecule has 6 heteroatoms. The average Bonchev–Trinajstić information content (AvgIpc) is 3.40. The number of Topliss-reactive ketones (excluding diaryl/α,β-unsaturated/α-hetero) is 1. The van der Waals surface area contributed by atoms with Crippen molar-refractivity contribution in [3.8, 4) is 5.75 Å². The van der Waals surface area contributed by atoms with Gasteiger partial charge in [-0.15, -0.1) is 0 Å². The van der Waals surface area contributed by atoms with E-state index in [0.29, 0.717) is 28.9 Å². The van der Waals surface area contributed by atoms with Crippen LogP contribution in [0.4, 0.5) is 0 Å². The number of ether oxygens (including phenoxy) is 1. The van der Waals surface area contributed by atoms with E-state index in [4.69, 9.17) is 16.3 Å². The van der Waals surface area contributed by atoms with Gasteiger partial charge in [0.25, 0.3) is 11.7 Å². The van der Waals surface area contributed by atoms with Crippen molar-refractivity contribution in [2.75, 3.05) is 6.61 Å². The van der Waals surface area contributed by atoms with E-state index < -0.39 is 17.7 Å². The van der Waals surface area contributed by atoms with Gasteiger partial charge >= 0.3 is 0 Å². The summed E-state index contributed by atoms with van der Waals surface area (Å²) in [5.74, 6) is -0.270. The minimum absolute atomic E-state index is 0.00997. The molecule has 2 aliphatic rings. The fraction of sp³-hybridized carbons (Fsp3) is 0.385. The molecule has 2 aromatic carbocycles. The quantitative estimate of drug-likeness (QED) is 0.344. The molecule has 1 N–H and O–H groups in total. The van der Waals surface area contributed by atoms with Gasteiger partial charge in [0.2, 0.25) is 0 Å². The number of benzene rings is 2. The molecule has 0 radical (unpaired) electrons. The fourth-order valence-corrected chi connectivity index (χ4v) is 4.63. The molecule has 0 aromatic heterocycles. The molecule has 1 atom stereocenters. The Bertz CT molecular complexity index is 1020. The molecule has 1 unspecified atom stereocenters. The molecule has 1 aliphatic heterocycles.